The quantitative estimate of drug-likeness (QED) is 0.213. The number of carbonyl (C=O) groups excluding carboxylic acids is 2. The van der Waals surface area contributed by atoms with E-state index in [1.807, 2.05) is 73.8 Å². The number of aliphatic hydroxyl groups is 1. The number of ether oxygens (including phenoxy) is 1. The van der Waals surface area contributed by atoms with Gasteiger partial charge in [-0.2, -0.15) is 0 Å². The minimum atomic E-state index is -0.863. The minimum absolute atomic E-state index is 0.195. The number of amides is 2. The van der Waals surface area contributed by atoms with Crippen LogP contribution in [0.5, 0.6) is 5.75 Å². The highest BCUT2D eigenvalue weighted by Gasteiger charge is 2.24. The Bertz CT molecular complexity index is 1490. The molecule has 9 heteroatoms. The standard InChI is InChI=1S/C33H38N4O4S/c1-22-13-14-26(33(40)37(3)20-31-35-23(2)21-42-31)17-28(22)32(39)36-29(16-24-9-6-5-7-10-24)30(38)19-34-18-25-11-8-12-27(15-25)41-4/h5-15,17,21,29-30,34,38H,16,18-20H2,1-4H3,(H,36,39)/t29-,30+/m0/s1. The van der Waals surface area contributed by atoms with Crippen LogP contribution in [0.3, 0.4) is 0 Å². The number of thiazole rings is 1. The third kappa shape index (κ3) is 8.48. The van der Waals surface area contributed by atoms with E-state index in [9.17, 15) is 14.7 Å². The van der Waals surface area contributed by atoms with Gasteiger partial charge in [0.1, 0.15) is 10.8 Å². The molecule has 2 amide bonds. The number of hydrogen-bond donors (Lipinski definition) is 3. The van der Waals surface area contributed by atoms with E-state index in [1.165, 1.54) is 11.3 Å². The number of aliphatic hydroxyl groups excluding tert-OH is 1. The molecule has 0 fully saturated rings. The van der Waals surface area contributed by atoms with Gasteiger partial charge in [-0.25, -0.2) is 4.98 Å². The Labute approximate surface area is 251 Å². The van der Waals surface area contributed by atoms with Crippen LogP contribution in [0.4, 0.5) is 0 Å². The first kappa shape index (κ1) is 30.9. The van der Waals surface area contributed by atoms with E-state index in [4.69, 9.17) is 4.74 Å². The predicted molar refractivity (Wildman–Crippen MR) is 166 cm³/mol. The zero-order valence-electron chi connectivity index (χ0n) is 24.5. The normalized spacial score (nSPS) is 12.4. The molecule has 0 aliphatic rings. The number of methoxy groups -OCH3 is 1. The molecule has 1 heterocycles. The number of hydrogen-bond acceptors (Lipinski definition) is 7. The predicted octanol–water partition coefficient (Wildman–Crippen LogP) is 4.53. The van der Waals surface area contributed by atoms with Crippen LogP contribution in [0.25, 0.3) is 0 Å². The summed E-state index contributed by atoms with van der Waals surface area (Å²) in [5.74, 6) is 0.234. The van der Waals surface area contributed by atoms with Crippen molar-refractivity contribution in [1.29, 1.82) is 0 Å². The lowest BCUT2D eigenvalue weighted by atomic mass is 9.99. The fourth-order valence-electron chi connectivity index (χ4n) is 4.66. The Morgan fingerprint density at radius 3 is 2.50 bits per heavy atom. The summed E-state index contributed by atoms with van der Waals surface area (Å²) in [6, 6.07) is 22.1. The molecule has 0 radical (unpaired) electrons. The smallest absolute Gasteiger partial charge is 0.253 e. The first-order valence-corrected chi connectivity index (χ1v) is 14.7. The third-order valence-corrected chi connectivity index (χ3v) is 7.96. The summed E-state index contributed by atoms with van der Waals surface area (Å²) >= 11 is 1.51. The number of benzene rings is 3. The molecule has 220 valence electrons. The summed E-state index contributed by atoms with van der Waals surface area (Å²) in [7, 11) is 3.35. The second kappa shape index (κ2) is 14.7. The van der Waals surface area contributed by atoms with Crippen LogP contribution in [0, 0.1) is 13.8 Å². The molecule has 4 aromatic rings. The van der Waals surface area contributed by atoms with Gasteiger partial charge in [0.15, 0.2) is 0 Å². The molecular weight excluding hydrogens is 548 g/mol. The summed E-state index contributed by atoms with van der Waals surface area (Å²) in [4.78, 5) is 32.8. The number of carbonyl (C=O) groups is 2. The van der Waals surface area contributed by atoms with Crippen LogP contribution in [0.2, 0.25) is 0 Å². The van der Waals surface area contributed by atoms with E-state index >= 15 is 0 Å². The Balaban J connectivity index is 1.46. The molecule has 0 aliphatic carbocycles. The summed E-state index contributed by atoms with van der Waals surface area (Å²) < 4.78 is 5.30. The molecule has 0 aliphatic heterocycles. The first-order chi connectivity index (χ1) is 20.2. The lowest BCUT2D eigenvalue weighted by Gasteiger charge is -2.25. The number of aryl methyl sites for hydroxylation is 2. The zero-order valence-corrected chi connectivity index (χ0v) is 25.3. The van der Waals surface area contributed by atoms with Crippen LogP contribution >= 0.6 is 11.3 Å². The fourth-order valence-corrected chi connectivity index (χ4v) is 5.48. The highest BCUT2D eigenvalue weighted by molar-refractivity contribution is 7.09. The Hall–Kier alpha value is -4.05. The Kier molecular flexibility index (Phi) is 10.8. The van der Waals surface area contributed by atoms with Gasteiger partial charge in [-0.15, -0.1) is 11.3 Å². The molecule has 0 unspecified atom stereocenters. The Morgan fingerprint density at radius 2 is 1.79 bits per heavy atom. The highest BCUT2D eigenvalue weighted by Crippen LogP contribution is 2.17. The molecule has 0 saturated carbocycles. The van der Waals surface area contributed by atoms with Crippen molar-refractivity contribution in [3.8, 4) is 5.75 Å². The van der Waals surface area contributed by atoms with Gasteiger partial charge < -0.3 is 25.4 Å². The molecule has 0 saturated heterocycles. The maximum Gasteiger partial charge on any atom is 0.253 e. The van der Waals surface area contributed by atoms with Crippen LogP contribution in [-0.4, -0.2) is 59.7 Å². The minimum Gasteiger partial charge on any atom is -0.497 e. The number of nitrogens with zero attached hydrogens (tertiary/aromatic N) is 2. The van der Waals surface area contributed by atoms with E-state index in [1.54, 1.807) is 37.3 Å². The van der Waals surface area contributed by atoms with Gasteiger partial charge in [0.2, 0.25) is 0 Å². The molecule has 1 aromatic heterocycles. The first-order valence-electron chi connectivity index (χ1n) is 13.9. The van der Waals surface area contributed by atoms with Gasteiger partial charge in [-0.3, -0.25) is 9.59 Å². The van der Waals surface area contributed by atoms with Crippen molar-refractivity contribution in [3.63, 3.8) is 0 Å². The second-order valence-electron chi connectivity index (χ2n) is 10.4. The van der Waals surface area contributed by atoms with Crippen molar-refractivity contribution < 1.29 is 19.4 Å². The number of nitrogens with one attached hydrogen (secondary N) is 2. The molecule has 0 bridgehead atoms. The lowest BCUT2D eigenvalue weighted by Crippen LogP contribution is -2.48. The summed E-state index contributed by atoms with van der Waals surface area (Å²) in [6.45, 7) is 4.96. The molecule has 3 N–H and O–H groups in total. The van der Waals surface area contributed by atoms with Crippen molar-refractivity contribution in [3.05, 3.63) is 117 Å². The average molecular weight is 587 g/mol. The topological polar surface area (TPSA) is 104 Å². The van der Waals surface area contributed by atoms with Gasteiger partial charge >= 0.3 is 0 Å². The molecule has 8 nitrogen and oxygen atoms in total. The third-order valence-electron chi connectivity index (χ3n) is 7.01. The van der Waals surface area contributed by atoms with Crippen molar-refractivity contribution in [2.24, 2.45) is 0 Å². The van der Waals surface area contributed by atoms with Gasteiger partial charge in [-0.1, -0.05) is 48.5 Å². The van der Waals surface area contributed by atoms with Gasteiger partial charge in [0.05, 0.1) is 25.8 Å². The molecule has 4 rings (SSSR count). The molecule has 3 aromatic carbocycles. The van der Waals surface area contributed by atoms with Gasteiger partial charge in [0, 0.05) is 42.3 Å². The average Bonchev–Trinajstić information content (AvgIpc) is 3.41. The number of rotatable bonds is 13. The molecule has 42 heavy (non-hydrogen) atoms. The fraction of sp³-hybridized carbons (Fsp3) is 0.303. The molecule has 0 spiro atoms. The highest BCUT2D eigenvalue weighted by atomic mass is 32.1. The Morgan fingerprint density at radius 1 is 1.02 bits per heavy atom. The summed E-state index contributed by atoms with van der Waals surface area (Å²) in [5, 5.41) is 20.3. The molecule has 2 atom stereocenters. The molecular formula is C33H38N4O4S. The van der Waals surface area contributed by atoms with E-state index in [0.29, 0.717) is 30.6 Å². The lowest BCUT2D eigenvalue weighted by molar-refractivity contribution is 0.0784. The van der Waals surface area contributed by atoms with E-state index in [2.05, 4.69) is 15.6 Å². The number of aromatic nitrogens is 1. The van der Waals surface area contributed by atoms with Crippen LogP contribution in [-0.2, 0) is 19.5 Å². The van der Waals surface area contributed by atoms with Crippen LogP contribution in [0.15, 0.2) is 78.2 Å². The van der Waals surface area contributed by atoms with Crippen molar-refractivity contribution in [1.82, 2.24) is 20.5 Å². The second-order valence-corrected chi connectivity index (χ2v) is 11.3. The SMILES string of the molecule is COc1cccc(CNC[C@@H](O)[C@H](Cc2ccccc2)NC(=O)c2cc(C(=O)N(C)Cc3nc(C)cs3)ccc2C)c1. The summed E-state index contributed by atoms with van der Waals surface area (Å²) in [6.07, 6.45) is -0.417. The maximum absolute atomic E-state index is 13.6. The maximum atomic E-state index is 13.6. The summed E-state index contributed by atoms with van der Waals surface area (Å²) in [5.41, 5.74) is 4.50. The van der Waals surface area contributed by atoms with Gasteiger partial charge in [0.25, 0.3) is 11.8 Å². The monoisotopic (exact) mass is 586 g/mol. The van der Waals surface area contributed by atoms with Crippen molar-refractivity contribution in [2.75, 3.05) is 20.7 Å². The van der Waals surface area contributed by atoms with Crippen LogP contribution in [0.1, 0.15) is 48.1 Å². The van der Waals surface area contributed by atoms with E-state index in [0.717, 1.165) is 33.1 Å². The largest absolute Gasteiger partial charge is 0.497 e. The van der Waals surface area contributed by atoms with E-state index < -0.39 is 12.1 Å². The zero-order chi connectivity index (χ0) is 30.1. The van der Waals surface area contributed by atoms with Gasteiger partial charge in [-0.05, 0) is 61.2 Å². The van der Waals surface area contributed by atoms with Crippen molar-refractivity contribution >= 4 is 23.2 Å². The van der Waals surface area contributed by atoms with Crippen LogP contribution < -0.4 is 15.4 Å². The van der Waals surface area contributed by atoms with Crippen molar-refractivity contribution in [2.45, 2.75) is 45.5 Å². The van der Waals surface area contributed by atoms with E-state index in [-0.39, 0.29) is 18.4 Å².